The lowest BCUT2D eigenvalue weighted by Crippen LogP contribution is -2.13. The molecule has 0 saturated carbocycles. The van der Waals surface area contributed by atoms with Crippen LogP contribution in [0.2, 0.25) is 0 Å². The first kappa shape index (κ1) is 19.4. The summed E-state index contributed by atoms with van der Waals surface area (Å²) >= 11 is 0. The Balaban J connectivity index is 1.82. The van der Waals surface area contributed by atoms with Crippen molar-refractivity contribution >= 4 is 38.6 Å². The van der Waals surface area contributed by atoms with Gasteiger partial charge < -0.3 is 14.4 Å². The molecule has 0 atom stereocenters. The summed E-state index contributed by atoms with van der Waals surface area (Å²) in [6.45, 7) is 2.11. The molecule has 0 aliphatic carbocycles. The molecule has 3 rings (SSSR count). The summed E-state index contributed by atoms with van der Waals surface area (Å²) in [5.41, 5.74) is 1.12. The molecule has 0 aliphatic heterocycles. The Morgan fingerprint density at radius 2 is 1.82 bits per heavy atom. The third-order valence-electron chi connectivity index (χ3n) is 4.04. The molecule has 1 heterocycles. The van der Waals surface area contributed by atoms with E-state index in [0.717, 1.165) is 10.9 Å². The largest absolute Gasteiger partial charge is 0.478 e. The Kier molecular flexibility index (Phi) is 5.36. The summed E-state index contributed by atoms with van der Waals surface area (Å²) in [6.07, 6.45) is 1.73. The second-order valence-electron chi connectivity index (χ2n) is 5.96. The van der Waals surface area contributed by atoms with Gasteiger partial charge in [-0.05, 0) is 55.5 Å². The number of carboxylic acids is 1. The second kappa shape index (κ2) is 7.73. The Labute approximate surface area is 161 Å². The number of ether oxygens (including phenoxy) is 1. The number of sulfonamides is 1. The highest BCUT2D eigenvalue weighted by Crippen LogP contribution is 2.23. The van der Waals surface area contributed by atoms with Crippen molar-refractivity contribution in [3.8, 4) is 0 Å². The van der Waals surface area contributed by atoms with Gasteiger partial charge in [-0.3, -0.25) is 9.52 Å². The summed E-state index contributed by atoms with van der Waals surface area (Å²) in [5.74, 6) is -1.48. The van der Waals surface area contributed by atoms with Crippen LogP contribution in [0.3, 0.4) is 0 Å². The normalized spacial score (nSPS) is 11.3. The van der Waals surface area contributed by atoms with E-state index in [0.29, 0.717) is 12.3 Å². The van der Waals surface area contributed by atoms with Gasteiger partial charge in [-0.2, -0.15) is 0 Å². The van der Waals surface area contributed by atoms with Gasteiger partial charge in [0.25, 0.3) is 10.0 Å². The maximum Gasteiger partial charge on any atom is 0.335 e. The minimum atomic E-state index is -3.87. The maximum absolute atomic E-state index is 12.5. The van der Waals surface area contributed by atoms with Crippen molar-refractivity contribution in [3.05, 3.63) is 60.3 Å². The van der Waals surface area contributed by atoms with E-state index in [-0.39, 0.29) is 23.0 Å². The van der Waals surface area contributed by atoms with Gasteiger partial charge in [0.15, 0.2) is 0 Å². The second-order valence-corrected chi connectivity index (χ2v) is 7.64. The Morgan fingerprint density at radius 1 is 1.11 bits per heavy atom. The van der Waals surface area contributed by atoms with E-state index in [4.69, 9.17) is 9.84 Å². The van der Waals surface area contributed by atoms with Crippen molar-refractivity contribution < 1.29 is 27.9 Å². The van der Waals surface area contributed by atoms with Gasteiger partial charge in [0.1, 0.15) is 6.54 Å². The molecule has 0 unspecified atom stereocenters. The number of carboxylic acid groups (broad SMARTS) is 1. The van der Waals surface area contributed by atoms with Gasteiger partial charge in [-0.15, -0.1) is 0 Å². The number of aromatic nitrogens is 1. The molecule has 0 fully saturated rings. The van der Waals surface area contributed by atoms with Crippen LogP contribution in [0.25, 0.3) is 10.9 Å². The Hall–Kier alpha value is -3.33. The van der Waals surface area contributed by atoms with Crippen molar-refractivity contribution in [2.24, 2.45) is 0 Å². The highest BCUT2D eigenvalue weighted by molar-refractivity contribution is 7.92. The van der Waals surface area contributed by atoms with Crippen molar-refractivity contribution in [1.29, 1.82) is 0 Å². The topological polar surface area (TPSA) is 115 Å². The Bertz CT molecular complexity index is 1130. The minimum absolute atomic E-state index is 0.00306. The highest BCUT2D eigenvalue weighted by Gasteiger charge is 2.16. The number of hydrogen-bond donors (Lipinski definition) is 2. The number of esters is 1. The number of carbonyl (C=O) groups is 2. The van der Waals surface area contributed by atoms with Crippen LogP contribution in [0.15, 0.2) is 59.6 Å². The zero-order valence-corrected chi connectivity index (χ0v) is 15.8. The van der Waals surface area contributed by atoms with E-state index in [1.54, 1.807) is 42.0 Å². The van der Waals surface area contributed by atoms with E-state index < -0.39 is 16.0 Å². The van der Waals surface area contributed by atoms with Crippen LogP contribution in [-0.4, -0.2) is 36.6 Å². The fourth-order valence-corrected chi connectivity index (χ4v) is 3.79. The first-order valence-corrected chi connectivity index (χ1v) is 9.89. The number of carbonyl (C=O) groups excluding carboxylic acids is 1. The summed E-state index contributed by atoms with van der Waals surface area (Å²) in [6, 6.07) is 11.7. The predicted octanol–water partition coefficient (Wildman–Crippen LogP) is 2.70. The molecule has 0 aliphatic rings. The third-order valence-corrected chi connectivity index (χ3v) is 5.44. The fourth-order valence-electron chi connectivity index (χ4n) is 2.74. The Morgan fingerprint density at radius 3 is 2.46 bits per heavy atom. The number of fused-ring (bicyclic) bond motifs is 1. The zero-order valence-electron chi connectivity index (χ0n) is 15.0. The molecule has 0 saturated heterocycles. The van der Waals surface area contributed by atoms with E-state index >= 15 is 0 Å². The molecular weight excluding hydrogens is 384 g/mol. The first-order chi connectivity index (χ1) is 13.3. The van der Waals surface area contributed by atoms with Crippen LogP contribution in [0.1, 0.15) is 17.3 Å². The van der Waals surface area contributed by atoms with E-state index in [1.807, 2.05) is 0 Å². The van der Waals surface area contributed by atoms with Crippen LogP contribution >= 0.6 is 0 Å². The third kappa shape index (κ3) is 4.15. The molecule has 2 N–H and O–H groups in total. The van der Waals surface area contributed by atoms with Crippen molar-refractivity contribution in [2.75, 3.05) is 11.3 Å². The van der Waals surface area contributed by atoms with Crippen molar-refractivity contribution in [2.45, 2.75) is 18.4 Å². The lowest BCUT2D eigenvalue weighted by Gasteiger charge is -2.09. The number of nitrogens with zero attached hydrogens (tertiary/aromatic N) is 1. The molecule has 3 aromatic rings. The number of nitrogens with one attached hydrogen (secondary N) is 1. The van der Waals surface area contributed by atoms with E-state index in [1.165, 1.54) is 24.3 Å². The summed E-state index contributed by atoms with van der Waals surface area (Å²) in [5, 5.41) is 9.66. The number of hydrogen-bond acceptors (Lipinski definition) is 5. The summed E-state index contributed by atoms with van der Waals surface area (Å²) in [4.78, 5) is 22.5. The van der Waals surface area contributed by atoms with Crippen LogP contribution in [0.4, 0.5) is 5.69 Å². The maximum atomic E-state index is 12.5. The summed E-state index contributed by atoms with van der Waals surface area (Å²) in [7, 11) is -3.87. The van der Waals surface area contributed by atoms with E-state index in [2.05, 4.69) is 4.72 Å². The van der Waals surface area contributed by atoms with Gasteiger partial charge in [0.2, 0.25) is 0 Å². The van der Waals surface area contributed by atoms with Gasteiger partial charge in [-0.25, -0.2) is 13.2 Å². The fraction of sp³-hybridized carbons (Fsp3) is 0.158. The van der Waals surface area contributed by atoms with Gasteiger partial charge in [-0.1, -0.05) is 0 Å². The first-order valence-electron chi connectivity index (χ1n) is 8.41. The van der Waals surface area contributed by atoms with E-state index in [9.17, 15) is 18.0 Å². The monoisotopic (exact) mass is 402 g/mol. The minimum Gasteiger partial charge on any atom is -0.478 e. The smallest absolute Gasteiger partial charge is 0.335 e. The highest BCUT2D eigenvalue weighted by atomic mass is 32.2. The summed E-state index contributed by atoms with van der Waals surface area (Å²) < 4.78 is 34.2. The van der Waals surface area contributed by atoms with Gasteiger partial charge in [0, 0.05) is 22.8 Å². The van der Waals surface area contributed by atoms with Gasteiger partial charge in [0.05, 0.1) is 17.1 Å². The van der Waals surface area contributed by atoms with Crippen molar-refractivity contribution in [3.63, 3.8) is 0 Å². The zero-order chi connectivity index (χ0) is 20.3. The number of benzene rings is 2. The average Bonchev–Trinajstić information content (AvgIpc) is 3.03. The van der Waals surface area contributed by atoms with Crippen LogP contribution in [0, 0.1) is 0 Å². The number of rotatable bonds is 7. The molecule has 9 heteroatoms. The SMILES string of the molecule is CCOC(=O)Cn1ccc2cc(NS(=O)(=O)c3ccc(C(=O)O)cc3)ccc21. The molecule has 0 spiro atoms. The van der Waals surface area contributed by atoms with Crippen LogP contribution in [0.5, 0.6) is 0 Å². The molecule has 0 amide bonds. The average molecular weight is 402 g/mol. The molecule has 0 bridgehead atoms. The number of aromatic carboxylic acids is 1. The van der Waals surface area contributed by atoms with Crippen molar-refractivity contribution in [1.82, 2.24) is 4.57 Å². The lowest BCUT2D eigenvalue weighted by atomic mass is 10.2. The quantitative estimate of drug-likeness (QED) is 0.587. The lowest BCUT2D eigenvalue weighted by molar-refractivity contribution is -0.143. The molecule has 0 radical (unpaired) electrons. The number of anilines is 1. The molecule has 146 valence electrons. The molecule has 1 aromatic heterocycles. The van der Waals surface area contributed by atoms with Crippen LogP contribution < -0.4 is 4.72 Å². The molecule has 2 aromatic carbocycles. The van der Waals surface area contributed by atoms with Gasteiger partial charge >= 0.3 is 11.9 Å². The predicted molar refractivity (Wildman–Crippen MR) is 103 cm³/mol. The standard InChI is InChI=1S/C19H18N2O6S/c1-2-27-18(22)12-21-10-9-14-11-15(5-8-17(14)21)20-28(25,26)16-6-3-13(4-7-16)19(23)24/h3-11,20H,2,12H2,1H3,(H,23,24). The molecular formula is C19H18N2O6S. The van der Waals surface area contributed by atoms with Crippen LogP contribution in [-0.2, 0) is 26.1 Å². The molecule has 8 nitrogen and oxygen atoms in total. The molecule has 28 heavy (non-hydrogen) atoms.